The van der Waals surface area contributed by atoms with Crippen molar-refractivity contribution in [2.75, 3.05) is 37.8 Å². The number of aromatic nitrogens is 2. The van der Waals surface area contributed by atoms with E-state index >= 15 is 0 Å². The molecule has 2 aliphatic rings. The Balaban J connectivity index is 1.20. The molecule has 0 radical (unpaired) electrons. The molecule has 42 heavy (non-hydrogen) atoms. The maximum Gasteiger partial charge on any atom is 0.293 e. The molecule has 1 saturated heterocycles. The first-order valence-corrected chi connectivity index (χ1v) is 15.0. The van der Waals surface area contributed by atoms with E-state index in [0.717, 1.165) is 35.4 Å². The minimum Gasteiger partial charge on any atom is -0.343 e. The lowest BCUT2D eigenvalue weighted by molar-refractivity contribution is -0.139. The molecule has 1 unspecified atom stereocenters. The largest absolute Gasteiger partial charge is 0.343 e. The highest BCUT2D eigenvalue weighted by Gasteiger charge is 2.31. The molecule has 1 aliphatic heterocycles. The molecule has 6 rings (SSSR count). The van der Waals surface area contributed by atoms with Gasteiger partial charge < -0.3 is 20.1 Å². The van der Waals surface area contributed by atoms with Gasteiger partial charge in [0.1, 0.15) is 6.04 Å². The van der Waals surface area contributed by atoms with E-state index in [-0.39, 0.29) is 29.2 Å². The minimum absolute atomic E-state index is 0.0700. The van der Waals surface area contributed by atoms with E-state index in [1.54, 1.807) is 29.5 Å². The predicted octanol–water partition coefficient (Wildman–Crippen LogP) is 4.83. The van der Waals surface area contributed by atoms with Crippen molar-refractivity contribution in [3.05, 3.63) is 92.0 Å². The zero-order chi connectivity index (χ0) is 29.4. The van der Waals surface area contributed by atoms with E-state index in [1.165, 1.54) is 27.8 Å². The number of aryl methyl sites for hydroxylation is 3. The first kappa shape index (κ1) is 27.9. The van der Waals surface area contributed by atoms with Crippen LogP contribution in [-0.4, -0.2) is 58.4 Å². The van der Waals surface area contributed by atoms with Gasteiger partial charge in [-0.15, -0.1) is 11.3 Å². The van der Waals surface area contributed by atoms with Crippen molar-refractivity contribution in [1.82, 2.24) is 19.4 Å². The molecule has 10 heteroatoms. The van der Waals surface area contributed by atoms with Crippen LogP contribution in [0.1, 0.15) is 44.6 Å². The van der Waals surface area contributed by atoms with Crippen molar-refractivity contribution in [2.45, 2.75) is 31.7 Å². The fourth-order valence-electron chi connectivity index (χ4n) is 5.61. The van der Waals surface area contributed by atoms with Crippen LogP contribution in [0.5, 0.6) is 0 Å². The number of hydrogen-bond donors (Lipinski definition) is 2. The Morgan fingerprint density at radius 1 is 0.952 bits per heavy atom. The number of fused-ring (bicyclic) bond motifs is 1. The van der Waals surface area contributed by atoms with E-state index in [1.807, 2.05) is 68.7 Å². The standard InChI is InChI=1S/C32H34N6O3S/c1-36-15-16-37(2)31(40)28(36)20-11-13-23(14-12-20)33-29-32(41)38(3)19-25(35-29)21-8-6-9-24(17-21)34-30(39)27-18-22-7-4-5-10-26(22)42-27/h6,8-9,11-14,17-19,28H,4-5,7,10,15-16H2,1-3H3,(H,33,35)(H,34,39). The van der Waals surface area contributed by atoms with Crippen LogP contribution in [0.4, 0.5) is 17.2 Å². The number of thiophene rings is 1. The van der Waals surface area contributed by atoms with E-state index in [0.29, 0.717) is 23.6 Å². The second-order valence-electron chi connectivity index (χ2n) is 11.1. The number of carbonyl (C=O) groups excluding carboxylic acids is 2. The molecule has 0 bridgehead atoms. The van der Waals surface area contributed by atoms with E-state index < -0.39 is 0 Å². The molecule has 4 aromatic rings. The van der Waals surface area contributed by atoms with Crippen LogP contribution in [0, 0.1) is 0 Å². The Hall–Kier alpha value is -4.28. The molecule has 1 atom stereocenters. The summed E-state index contributed by atoms with van der Waals surface area (Å²) in [4.78, 5) is 49.3. The molecule has 1 aliphatic carbocycles. The van der Waals surface area contributed by atoms with Gasteiger partial charge in [-0.25, -0.2) is 4.98 Å². The molecular formula is C32H34N6O3S. The normalized spacial score (nSPS) is 17.2. The Kier molecular flexibility index (Phi) is 7.66. The lowest BCUT2D eigenvalue weighted by Crippen LogP contribution is -2.48. The average Bonchev–Trinajstić information content (AvgIpc) is 3.43. The van der Waals surface area contributed by atoms with Gasteiger partial charge in [-0.1, -0.05) is 24.3 Å². The second kappa shape index (κ2) is 11.5. The number of anilines is 3. The molecule has 216 valence electrons. The number of carbonyl (C=O) groups is 2. The van der Waals surface area contributed by atoms with Crippen molar-refractivity contribution in [2.24, 2.45) is 7.05 Å². The number of likely N-dealkylation sites (N-methyl/N-ethyl adjacent to an activating group) is 2. The number of rotatable bonds is 6. The molecule has 2 N–H and O–H groups in total. The number of hydrogen-bond acceptors (Lipinski definition) is 7. The predicted molar refractivity (Wildman–Crippen MR) is 167 cm³/mol. The van der Waals surface area contributed by atoms with Gasteiger partial charge in [0.25, 0.3) is 11.5 Å². The molecule has 2 aromatic carbocycles. The number of nitrogens with one attached hydrogen (secondary N) is 2. The fourth-order valence-corrected chi connectivity index (χ4v) is 6.75. The van der Waals surface area contributed by atoms with Crippen LogP contribution in [0.3, 0.4) is 0 Å². The summed E-state index contributed by atoms with van der Waals surface area (Å²) >= 11 is 1.59. The van der Waals surface area contributed by atoms with Gasteiger partial charge in [-0.05, 0) is 74.2 Å². The third-order valence-electron chi connectivity index (χ3n) is 8.04. The van der Waals surface area contributed by atoms with Gasteiger partial charge >= 0.3 is 0 Å². The molecule has 3 heterocycles. The quantitative estimate of drug-likeness (QED) is 0.338. The maximum absolute atomic E-state index is 13.0. The first-order chi connectivity index (χ1) is 20.3. The zero-order valence-electron chi connectivity index (χ0n) is 24.0. The highest BCUT2D eigenvalue weighted by Crippen LogP contribution is 2.31. The van der Waals surface area contributed by atoms with Gasteiger partial charge in [0.05, 0.1) is 10.6 Å². The van der Waals surface area contributed by atoms with Crippen LogP contribution < -0.4 is 16.2 Å². The Labute approximate surface area is 248 Å². The summed E-state index contributed by atoms with van der Waals surface area (Å²) in [5.41, 5.74) is 4.66. The molecule has 2 amide bonds. The number of nitrogens with zero attached hydrogens (tertiary/aromatic N) is 4. The Morgan fingerprint density at radius 3 is 2.52 bits per heavy atom. The molecule has 2 aromatic heterocycles. The molecule has 0 spiro atoms. The molecule has 9 nitrogen and oxygen atoms in total. The summed E-state index contributed by atoms with van der Waals surface area (Å²) < 4.78 is 1.49. The van der Waals surface area contributed by atoms with Gasteiger partial charge in [-0.3, -0.25) is 19.3 Å². The van der Waals surface area contributed by atoms with Gasteiger partial charge in [0, 0.05) is 55.2 Å². The van der Waals surface area contributed by atoms with Crippen molar-refractivity contribution < 1.29 is 9.59 Å². The zero-order valence-corrected chi connectivity index (χ0v) is 24.8. The number of piperazine rings is 1. The smallest absolute Gasteiger partial charge is 0.293 e. The summed E-state index contributed by atoms with van der Waals surface area (Å²) in [6.45, 7) is 1.52. The fraction of sp³-hybridized carbons (Fsp3) is 0.312. The third kappa shape index (κ3) is 5.60. The van der Waals surface area contributed by atoms with Crippen molar-refractivity contribution in [3.8, 4) is 11.3 Å². The monoisotopic (exact) mass is 582 g/mol. The minimum atomic E-state index is -0.329. The summed E-state index contributed by atoms with van der Waals surface area (Å²) in [6.07, 6.45) is 6.14. The Bertz CT molecular complexity index is 1690. The van der Waals surface area contributed by atoms with Crippen molar-refractivity contribution >= 4 is 40.3 Å². The topological polar surface area (TPSA) is 99.6 Å². The van der Waals surface area contributed by atoms with Crippen molar-refractivity contribution in [3.63, 3.8) is 0 Å². The Morgan fingerprint density at radius 2 is 1.74 bits per heavy atom. The summed E-state index contributed by atoms with van der Waals surface area (Å²) in [5.74, 6) is 0.145. The van der Waals surface area contributed by atoms with E-state index in [9.17, 15) is 14.4 Å². The van der Waals surface area contributed by atoms with Crippen LogP contribution in [0.2, 0.25) is 0 Å². The SMILES string of the molecule is CN1CCN(C)C(c2ccc(Nc3nc(-c4cccc(NC(=O)c5cc6c(s5)CCCC6)c4)cn(C)c3=O)cc2)C1=O. The van der Waals surface area contributed by atoms with Crippen LogP contribution in [0.15, 0.2) is 65.6 Å². The van der Waals surface area contributed by atoms with Crippen LogP contribution in [0.25, 0.3) is 11.3 Å². The van der Waals surface area contributed by atoms with Crippen LogP contribution >= 0.6 is 11.3 Å². The maximum atomic E-state index is 13.0. The number of amides is 2. The van der Waals surface area contributed by atoms with Gasteiger partial charge in [-0.2, -0.15) is 0 Å². The highest BCUT2D eigenvalue weighted by molar-refractivity contribution is 7.14. The first-order valence-electron chi connectivity index (χ1n) is 14.2. The third-order valence-corrected chi connectivity index (χ3v) is 9.27. The van der Waals surface area contributed by atoms with Crippen LogP contribution in [-0.2, 0) is 24.7 Å². The lowest BCUT2D eigenvalue weighted by atomic mass is 9.99. The summed E-state index contributed by atoms with van der Waals surface area (Å²) in [6, 6.07) is 16.7. The second-order valence-corrected chi connectivity index (χ2v) is 12.2. The molecule has 0 saturated carbocycles. The number of benzene rings is 2. The van der Waals surface area contributed by atoms with E-state index in [2.05, 4.69) is 20.5 Å². The lowest BCUT2D eigenvalue weighted by Gasteiger charge is -2.37. The van der Waals surface area contributed by atoms with Gasteiger partial charge in [0.2, 0.25) is 5.91 Å². The van der Waals surface area contributed by atoms with Gasteiger partial charge in [0.15, 0.2) is 5.82 Å². The van der Waals surface area contributed by atoms with E-state index in [4.69, 9.17) is 0 Å². The highest BCUT2D eigenvalue weighted by atomic mass is 32.1. The average molecular weight is 583 g/mol. The molecule has 1 fully saturated rings. The van der Waals surface area contributed by atoms with Crippen molar-refractivity contribution in [1.29, 1.82) is 0 Å². The summed E-state index contributed by atoms with van der Waals surface area (Å²) in [5, 5.41) is 6.18. The summed E-state index contributed by atoms with van der Waals surface area (Å²) in [7, 11) is 5.47. The molecular weight excluding hydrogens is 548 g/mol.